The van der Waals surface area contributed by atoms with Gasteiger partial charge in [0.15, 0.2) is 0 Å². The summed E-state index contributed by atoms with van der Waals surface area (Å²) in [6.07, 6.45) is 8.16. The highest BCUT2D eigenvalue weighted by molar-refractivity contribution is 5.02. The first-order valence-electron chi connectivity index (χ1n) is 4.66. The summed E-state index contributed by atoms with van der Waals surface area (Å²) in [7, 11) is 0. The summed E-state index contributed by atoms with van der Waals surface area (Å²) in [4.78, 5) is 8.65. The number of aromatic nitrogens is 2. The molecule has 66 valence electrons. The van der Waals surface area contributed by atoms with Crippen molar-refractivity contribution in [2.24, 2.45) is 0 Å². The number of nitrogens with zero attached hydrogens (tertiary/aromatic N) is 2. The summed E-state index contributed by atoms with van der Waals surface area (Å²) < 4.78 is 0. The lowest BCUT2D eigenvalue weighted by Crippen LogP contribution is -1.95. The van der Waals surface area contributed by atoms with Crippen LogP contribution in [0.15, 0.2) is 12.4 Å². The van der Waals surface area contributed by atoms with Crippen LogP contribution in [0.25, 0.3) is 0 Å². The molecule has 1 rings (SSSR count). The van der Waals surface area contributed by atoms with Crippen LogP contribution in [0, 0.1) is 0 Å². The predicted molar refractivity (Wildman–Crippen MR) is 50.0 cm³/mol. The molecule has 1 aromatic rings. The van der Waals surface area contributed by atoms with Crippen LogP contribution in [-0.4, -0.2) is 9.97 Å². The van der Waals surface area contributed by atoms with Gasteiger partial charge in [-0.2, -0.15) is 0 Å². The van der Waals surface area contributed by atoms with Crippen LogP contribution in [0.1, 0.15) is 38.1 Å². The standard InChI is InChI=1S/C10H16N2/c1-3-5-9-7-12-10(6-4-2)8-11-9/h7-8H,3-6H2,1-2H3. The van der Waals surface area contributed by atoms with Crippen LogP contribution in [0.4, 0.5) is 0 Å². The Morgan fingerprint density at radius 2 is 1.33 bits per heavy atom. The lowest BCUT2D eigenvalue weighted by Gasteiger charge is -1.99. The zero-order valence-corrected chi connectivity index (χ0v) is 7.88. The molecule has 0 aliphatic carbocycles. The van der Waals surface area contributed by atoms with Gasteiger partial charge in [-0.3, -0.25) is 9.97 Å². The Morgan fingerprint density at radius 3 is 1.58 bits per heavy atom. The number of rotatable bonds is 4. The smallest absolute Gasteiger partial charge is 0.0586 e. The van der Waals surface area contributed by atoms with E-state index >= 15 is 0 Å². The van der Waals surface area contributed by atoms with E-state index in [0.29, 0.717) is 0 Å². The van der Waals surface area contributed by atoms with Gasteiger partial charge in [0.2, 0.25) is 0 Å². The second-order valence-electron chi connectivity index (χ2n) is 3.00. The van der Waals surface area contributed by atoms with Crippen molar-refractivity contribution in [3.05, 3.63) is 23.8 Å². The summed E-state index contributed by atoms with van der Waals surface area (Å²) in [5.74, 6) is 0. The van der Waals surface area contributed by atoms with Crippen LogP contribution in [0.2, 0.25) is 0 Å². The van der Waals surface area contributed by atoms with E-state index in [1.165, 1.54) is 0 Å². The molecule has 0 aliphatic rings. The van der Waals surface area contributed by atoms with E-state index < -0.39 is 0 Å². The second-order valence-corrected chi connectivity index (χ2v) is 3.00. The quantitative estimate of drug-likeness (QED) is 0.682. The van der Waals surface area contributed by atoms with Crippen molar-refractivity contribution < 1.29 is 0 Å². The first-order valence-corrected chi connectivity index (χ1v) is 4.66. The maximum Gasteiger partial charge on any atom is 0.0586 e. The van der Waals surface area contributed by atoms with Crippen molar-refractivity contribution in [3.63, 3.8) is 0 Å². The Balaban J connectivity index is 2.58. The molecule has 12 heavy (non-hydrogen) atoms. The highest BCUT2D eigenvalue weighted by Gasteiger charge is 1.95. The first kappa shape index (κ1) is 9.17. The average molecular weight is 164 g/mol. The molecule has 1 heterocycles. The molecule has 2 nitrogen and oxygen atoms in total. The third kappa shape index (κ3) is 2.61. The van der Waals surface area contributed by atoms with E-state index in [1.54, 1.807) is 0 Å². The molecule has 1 aromatic heterocycles. The minimum absolute atomic E-state index is 1.04. The van der Waals surface area contributed by atoms with E-state index in [-0.39, 0.29) is 0 Å². The molecule has 0 aliphatic heterocycles. The Kier molecular flexibility index (Phi) is 3.71. The van der Waals surface area contributed by atoms with Gasteiger partial charge in [-0.15, -0.1) is 0 Å². The molecule has 0 aromatic carbocycles. The van der Waals surface area contributed by atoms with Gasteiger partial charge in [0.1, 0.15) is 0 Å². The highest BCUT2D eigenvalue weighted by atomic mass is 14.8. The molecule has 0 radical (unpaired) electrons. The minimum Gasteiger partial charge on any atom is -0.258 e. The van der Waals surface area contributed by atoms with Gasteiger partial charge in [-0.25, -0.2) is 0 Å². The van der Waals surface area contributed by atoms with Gasteiger partial charge < -0.3 is 0 Å². The lowest BCUT2D eigenvalue weighted by atomic mass is 10.2. The number of hydrogen-bond donors (Lipinski definition) is 0. The fraction of sp³-hybridized carbons (Fsp3) is 0.600. The van der Waals surface area contributed by atoms with Crippen LogP contribution in [0.3, 0.4) is 0 Å². The zero-order chi connectivity index (χ0) is 8.81. The van der Waals surface area contributed by atoms with Crippen molar-refractivity contribution in [1.29, 1.82) is 0 Å². The lowest BCUT2D eigenvalue weighted by molar-refractivity contribution is 0.829. The Bertz CT molecular complexity index is 191. The minimum atomic E-state index is 1.04. The molecule has 2 heteroatoms. The summed E-state index contributed by atoms with van der Waals surface area (Å²) in [5, 5.41) is 0. The molecule has 0 N–H and O–H groups in total. The predicted octanol–water partition coefficient (Wildman–Crippen LogP) is 2.38. The fourth-order valence-corrected chi connectivity index (χ4v) is 1.15. The van der Waals surface area contributed by atoms with Crippen LogP contribution >= 0.6 is 0 Å². The molecule has 0 atom stereocenters. The van der Waals surface area contributed by atoms with E-state index in [9.17, 15) is 0 Å². The van der Waals surface area contributed by atoms with Crippen LogP contribution in [0.5, 0.6) is 0 Å². The topological polar surface area (TPSA) is 25.8 Å². The molecule has 0 saturated carbocycles. The maximum atomic E-state index is 4.32. The third-order valence-corrected chi connectivity index (χ3v) is 1.77. The van der Waals surface area contributed by atoms with Crippen molar-refractivity contribution in [2.75, 3.05) is 0 Å². The molecule has 0 spiro atoms. The third-order valence-electron chi connectivity index (χ3n) is 1.77. The monoisotopic (exact) mass is 164 g/mol. The van der Waals surface area contributed by atoms with Gasteiger partial charge in [-0.1, -0.05) is 26.7 Å². The van der Waals surface area contributed by atoms with E-state index in [4.69, 9.17) is 0 Å². The number of hydrogen-bond acceptors (Lipinski definition) is 2. The SMILES string of the molecule is CCCc1cnc(CCC)cn1. The van der Waals surface area contributed by atoms with Crippen molar-refractivity contribution in [2.45, 2.75) is 39.5 Å². The van der Waals surface area contributed by atoms with Gasteiger partial charge in [0, 0.05) is 12.4 Å². The molecular weight excluding hydrogens is 148 g/mol. The maximum absolute atomic E-state index is 4.32. The van der Waals surface area contributed by atoms with Gasteiger partial charge >= 0.3 is 0 Å². The second kappa shape index (κ2) is 4.86. The molecule has 0 fully saturated rings. The Hall–Kier alpha value is -0.920. The molecule has 0 bridgehead atoms. The molecular formula is C10H16N2. The van der Waals surface area contributed by atoms with Gasteiger partial charge in [-0.05, 0) is 12.8 Å². The summed E-state index contributed by atoms with van der Waals surface area (Å²) in [6, 6.07) is 0. The Labute approximate surface area is 74.1 Å². The van der Waals surface area contributed by atoms with Gasteiger partial charge in [0.25, 0.3) is 0 Å². The molecule has 0 saturated heterocycles. The average Bonchev–Trinajstić information content (AvgIpc) is 2.09. The summed E-state index contributed by atoms with van der Waals surface area (Å²) in [6.45, 7) is 4.31. The Morgan fingerprint density at radius 1 is 0.917 bits per heavy atom. The molecule has 0 amide bonds. The summed E-state index contributed by atoms with van der Waals surface area (Å²) >= 11 is 0. The van der Waals surface area contributed by atoms with Crippen molar-refractivity contribution >= 4 is 0 Å². The van der Waals surface area contributed by atoms with Crippen molar-refractivity contribution in [3.8, 4) is 0 Å². The van der Waals surface area contributed by atoms with E-state index in [2.05, 4.69) is 23.8 Å². The van der Waals surface area contributed by atoms with Gasteiger partial charge in [0.05, 0.1) is 11.4 Å². The molecule has 0 unspecified atom stereocenters. The van der Waals surface area contributed by atoms with Crippen LogP contribution in [-0.2, 0) is 12.8 Å². The first-order chi connectivity index (χ1) is 5.86. The zero-order valence-electron chi connectivity index (χ0n) is 7.88. The number of aryl methyl sites for hydroxylation is 2. The van der Waals surface area contributed by atoms with Crippen LogP contribution < -0.4 is 0 Å². The van der Waals surface area contributed by atoms with E-state index in [1.807, 2.05) is 12.4 Å². The van der Waals surface area contributed by atoms with E-state index in [0.717, 1.165) is 37.1 Å². The largest absolute Gasteiger partial charge is 0.258 e. The van der Waals surface area contributed by atoms with Crippen molar-refractivity contribution in [1.82, 2.24) is 9.97 Å². The summed E-state index contributed by atoms with van der Waals surface area (Å²) in [5.41, 5.74) is 2.22. The normalized spacial score (nSPS) is 10.2. The fourth-order valence-electron chi connectivity index (χ4n) is 1.15. The highest BCUT2D eigenvalue weighted by Crippen LogP contribution is 2.00.